The predicted molar refractivity (Wildman–Crippen MR) is 108 cm³/mol. The third kappa shape index (κ3) is 2.77. The Kier molecular flexibility index (Phi) is 3.72. The van der Waals surface area contributed by atoms with Crippen LogP contribution in [-0.2, 0) is 0 Å². The molecule has 0 saturated carbocycles. The van der Waals surface area contributed by atoms with Crippen LogP contribution in [0.4, 0.5) is 0 Å². The minimum atomic E-state index is 0.880. The van der Waals surface area contributed by atoms with Crippen molar-refractivity contribution in [2.45, 2.75) is 0 Å². The molecular weight excluding hydrogens is 332 g/mol. The van der Waals surface area contributed by atoms with Crippen molar-refractivity contribution in [3.8, 4) is 33.6 Å². The molecule has 4 heteroatoms. The quantitative estimate of drug-likeness (QED) is 0.478. The highest BCUT2D eigenvalue weighted by Crippen LogP contribution is 2.35. The number of fused-ring (bicyclic) bond motifs is 1. The number of aromatic nitrogens is 4. The number of H-pyrrole nitrogens is 1. The number of nitrogens with zero attached hydrogens (tertiary/aromatic N) is 3. The molecule has 0 amide bonds. The molecule has 27 heavy (non-hydrogen) atoms. The smallest absolute Gasteiger partial charge is 0.0827 e. The molecule has 5 aromatic rings. The van der Waals surface area contributed by atoms with E-state index in [4.69, 9.17) is 4.98 Å². The van der Waals surface area contributed by atoms with Crippen LogP contribution < -0.4 is 0 Å². The molecule has 0 aliphatic rings. The Balaban J connectivity index is 1.84. The minimum absolute atomic E-state index is 0.880. The Morgan fingerprint density at radius 3 is 2.15 bits per heavy atom. The van der Waals surface area contributed by atoms with Gasteiger partial charge in [-0.25, -0.2) is 4.98 Å². The number of hydrogen-bond acceptors (Lipinski definition) is 3. The van der Waals surface area contributed by atoms with Crippen LogP contribution in [0.25, 0.3) is 44.5 Å². The summed E-state index contributed by atoms with van der Waals surface area (Å²) in [4.78, 5) is 9.61. The highest BCUT2D eigenvalue weighted by molar-refractivity contribution is 5.98. The predicted octanol–water partition coefficient (Wildman–Crippen LogP) is 5.35. The van der Waals surface area contributed by atoms with Crippen molar-refractivity contribution >= 4 is 10.9 Å². The van der Waals surface area contributed by atoms with Crippen molar-refractivity contribution in [3.63, 3.8) is 0 Å². The van der Waals surface area contributed by atoms with Gasteiger partial charge in [0.1, 0.15) is 0 Å². The number of benzene rings is 2. The van der Waals surface area contributed by atoms with Crippen molar-refractivity contribution in [2.75, 3.05) is 0 Å². The van der Waals surface area contributed by atoms with Gasteiger partial charge in [-0.3, -0.25) is 10.1 Å². The summed E-state index contributed by atoms with van der Waals surface area (Å²) in [6.45, 7) is 0. The fourth-order valence-corrected chi connectivity index (χ4v) is 3.36. The van der Waals surface area contributed by atoms with Crippen LogP contribution in [0.15, 0.2) is 91.4 Å². The van der Waals surface area contributed by atoms with Crippen LogP contribution in [0, 0.1) is 0 Å². The molecule has 128 valence electrons. The second-order valence-corrected chi connectivity index (χ2v) is 6.33. The number of nitrogens with one attached hydrogen (secondary N) is 1. The van der Waals surface area contributed by atoms with Crippen molar-refractivity contribution < 1.29 is 0 Å². The summed E-state index contributed by atoms with van der Waals surface area (Å²) in [6, 6.07) is 24.8. The Morgan fingerprint density at radius 1 is 0.704 bits per heavy atom. The fraction of sp³-hybridized carbons (Fsp3) is 0. The summed E-state index contributed by atoms with van der Waals surface area (Å²) >= 11 is 0. The van der Waals surface area contributed by atoms with E-state index in [0.29, 0.717) is 0 Å². The zero-order valence-electron chi connectivity index (χ0n) is 14.5. The third-order valence-corrected chi connectivity index (χ3v) is 4.65. The maximum Gasteiger partial charge on any atom is 0.0827 e. The molecule has 0 atom stereocenters. The molecule has 0 aliphatic heterocycles. The molecule has 3 heterocycles. The summed E-state index contributed by atoms with van der Waals surface area (Å²) in [7, 11) is 0. The Labute approximate surface area is 156 Å². The van der Waals surface area contributed by atoms with E-state index in [-0.39, 0.29) is 0 Å². The van der Waals surface area contributed by atoms with Crippen LogP contribution in [0.5, 0.6) is 0 Å². The second-order valence-electron chi connectivity index (χ2n) is 6.33. The summed E-state index contributed by atoms with van der Waals surface area (Å²) in [5.41, 5.74) is 7.04. The standard InChI is InChI=1S/C23H16N4/c1-3-7-16(8-4-1)19-13-20-21(27-23(19)17-9-5-2-6-10-17)11-12-24-22(20)18-14-25-26-15-18/h1-15H,(H,25,26). The fourth-order valence-electron chi connectivity index (χ4n) is 3.36. The van der Waals surface area contributed by atoms with Gasteiger partial charge in [0.15, 0.2) is 0 Å². The van der Waals surface area contributed by atoms with Crippen LogP contribution in [0.1, 0.15) is 0 Å². The van der Waals surface area contributed by atoms with Crippen LogP contribution in [0.2, 0.25) is 0 Å². The van der Waals surface area contributed by atoms with Crippen molar-refractivity contribution in [1.29, 1.82) is 0 Å². The highest BCUT2D eigenvalue weighted by Gasteiger charge is 2.14. The SMILES string of the molecule is c1ccc(-c2cc3c(-c4cn[nH]c4)nccc3nc2-c2ccccc2)cc1. The zero-order chi connectivity index (χ0) is 18.1. The van der Waals surface area contributed by atoms with Crippen molar-refractivity contribution in [3.05, 3.63) is 91.4 Å². The van der Waals surface area contributed by atoms with Crippen molar-refractivity contribution in [1.82, 2.24) is 20.2 Å². The van der Waals surface area contributed by atoms with Gasteiger partial charge in [0.2, 0.25) is 0 Å². The van der Waals surface area contributed by atoms with E-state index < -0.39 is 0 Å². The summed E-state index contributed by atoms with van der Waals surface area (Å²) in [5.74, 6) is 0. The van der Waals surface area contributed by atoms with Gasteiger partial charge in [-0.2, -0.15) is 5.10 Å². The van der Waals surface area contributed by atoms with Gasteiger partial charge in [0.25, 0.3) is 0 Å². The normalized spacial score (nSPS) is 11.0. The number of aromatic amines is 1. The largest absolute Gasteiger partial charge is 0.285 e. The molecule has 0 bridgehead atoms. The lowest BCUT2D eigenvalue weighted by Crippen LogP contribution is -1.94. The van der Waals surface area contributed by atoms with E-state index >= 15 is 0 Å². The molecule has 1 N–H and O–H groups in total. The number of pyridine rings is 2. The summed E-state index contributed by atoms with van der Waals surface area (Å²) < 4.78 is 0. The van der Waals surface area contributed by atoms with Gasteiger partial charge in [-0.1, -0.05) is 60.7 Å². The molecule has 0 unspecified atom stereocenters. The Bertz CT molecular complexity index is 1200. The first-order valence-corrected chi connectivity index (χ1v) is 8.80. The summed E-state index contributed by atoms with van der Waals surface area (Å²) in [6.07, 6.45) is 5.44. The molecule has 2 aromatic carbocycles. The van der Waals surface area contributed by atoms with Gasteiger partial charge >= 0.3 is 0 Å². The Hall–Kier alpha value is -3.79. The molecule has 0 radical (unpaired) electrons. The lowest BCUT2D eigenvalue weighted by Gasteiger charge is -2.13. The van der Waals surface area contributed by atoms with Crippen LogP contribution in [-0.4, -0.2) is 20.2 Å². The Morgan fingerprint density at radius 2 is 1.44 bits per heavy atom. The van der Waals surface area contributed by atoms with E-state index in [1.54, 1.807) is 12.4 Å². The van der Waals surface area contributed by atoms with E-state index in [9.17, 15) is 0 Å². The van der Waals surface area contributed by atoms with E-state index in [0.717, 1.165) is 44.5 Å². The van der Waals surface area contributed by atoms with E-state index in [2.05, 4.69) is 57.6 Å². The number of rotatable bonds is 3. The first-order chi connectivity index (χ1) is 13.4. The monoisotopic (exact) mass is 348 g/mol. The third-order valence-electron chi connectivity index (χ3n) is 4.65. The van der Waals surface area contributed by atoms with E-state index in [1.165, 1.54) is 0 Å². The zero-order valence-corrected chi connectivity index (χ0v) is 14.5. The van der Waals surface area contributed by atoms with Gasteiger partial charge in [-0.05, 0) is 17.7 Å². The van der Waals surface area contributed by atoms with Crippen LogP contribution in [0.3, 0.4) is 0 Å². The molecule has 3 aromatic heterocycles. The highest BCUT2D eigenvalue weighted by atomic mass is 15.1. The molecule has 0 aliphatic carbocycles. The molecule has 0 fully saturated rings. The van der Waals surface area contributed by atoms with Gasteiger partial charge in [-0.15, -0.1) is 0 Å². The van der Waals surface area contributed by atoms with Gasteiger partial charge in [0.05, 0.1) is 23.1 Å². The molecular formula is C23H16N4. The maximum absolute atomic E-state index is 5.02. The topological polar surface area (TPSA) is 54.5 Å². The molecule has 4 nitrogen and oxygen atoms in total. The molecule has 5 rings (SSSR count). The first-order valence-electron chi connectivity index (χ1n) is 8.80. The lowest BCUT2D eigenvalue weighted by molar-refractivity contribution is 1.09. The van der Waals surface area contributed by atoms with Crippen molar-refractivity contribution in [2.24, 2.45) is 0 Å². The second kappa shape index (κ2) is 6.50. The number of hydrogen-bond donors (Lipinski definition) is 1. The van der Waals surface area contributed by atoms with Crippen LogP contribution >= 0.6 is 0 Å². The van der Waals surface area contributed by atoms with Gasteiger partial charge in [0, 0.05) is 34.5 Å². The molecule has 0 spiro atoms. The maximum atomic E-state index is 5.02. The summed E-state index contributed by atoms with van der Waals surface area (Å²) in [5, 5.41) is 7.94. The molecule has 0 saturated heterocycles. The van der Waals surface area contributed by atoms with E-state index in [1.807, 2.05) is 36.5 Å². The average Bonchev–Trinajstić information content (AvgIpc) is 3.28. The first kappa shape index (κ1) is 15.5. The minimum Gasteiger partial charge on any atom is -0.285 e. The van der Waals surface area contributed by atoms with Gasteiger partial charge < -0.3 is 0 Å². The lowest BCUT2D eigenvalue weighted by atomic mass is 9.96. The average molecular weight is 348 g/mol.